The maximum atomic E-state index is 12.6. The monoisotopic (exact) mass is 342 g/mol. The van der Waals surface area contributed by atoms with E-state index in [0.717, 1.165) is 27.2 Å². The van der Waals surface area contributed by atoms with Gasteiger partial charge in [-0.1, -0.05) is 0 Å². The summed E-state index contributed by atoms with van der Waals surface area (Å²) in [6.45, 7) is 6.92. The van der Waals surface area contributed by atoms with Crippen molar-refractivity contribution in [2.45, 2.75) is 33.8 Å². The number of ether oxygens (including phenoxy) is 1. The Hall–Kier alpha value is -2.47. The Labute approximate surface area is 143 Å². The summed E-state index contributed by atoms with van der Waals surface area (Å²) in [7, 11) is 0. The number of fused-ring (bicyclic) bond motifs is 1. The lowest BCUT2D eigenvalue weighted by atomic mass is 10.1. The second-order valence-corrected chi connectivity index (χ2v) is 6.79. The molecular formula is C18H18N2O3S. The van der Waals surface area contributed by atoms with Crippen LogP contribution in [0.4, 0.5) is 0 Å². The minimum atomic E-state index is -0.768. The summed E-state index contributed by atoms with van der Waals surface area (Å²) in [5, 5.41) is 0.934. The fraction of sp³-hybridized carbons (Fsp3) is 0.278. The summed E-state index contributed by atoms with van der Waals surface area (Å²) in [5.74, 6) is -0.682. The molecule has 3 aromatic heterocycles. The minimum Gasteiger partial charge on any atom is -0.450 e. The Bertz CT molecular complexity index is 926. The number of nitrogens with zero attached hydrogens (tertiary/aromatic N) is 2. The topological polar surface area (TPSA) is 61.2 Å². The number of aryl methyl sites for hydroxylation is 2. The highest BCUT2D eigenvalue weighted by Crippen LogP contribution is 2.36. The van der Waals surface area contributed by atoms with Crippen molar-refractivity contribution >= 4 is 33.3 Å². The number of rotatable bonds is 4. The minimum absolute atomic E-state index is 0.183. The van der Waals surface area contributed by atoms with Crippen molar-refractivity contribution in [2.24, 2.45) is 0 Å². The maximum Gasteiger partial charge on any atom is 0.351 e. The lowest BCUT2D eigenvalue weighted by Crippen LogP contribution is -2.22. The van der Waals surface area contributed by atoms with Crippen molar-refractivity contribution in [2.75, 3.05) is 0 Å². The van der Waals surface area contributed by atoms with Crippen LogP contribution in [0.5, 0.6) is 0 Å². The Morgan fingerprint density at radius 1 is 1.25 bits per heavy atom. The molecule has 0 N–H and O–H groups in total. The van der Waals surface area contributed by atoms with E-state index < -0.39 is 12.1 Å². The van der Waals surface area contributed by atoms with E-state index in [4.69, 9.17) is 4.74 Å². The molecule has 1 atom stereocenters. The zero-order valence-electron chi connectivity index (χ0n) is 14.0. The molecule has 0 aromatic carbocycles. The number of hydrogen-bond donors (Lipinski definition) is 0. The van der Waals surface area contributed by atoms with Gasteiger partial charge in [0.1, 0.15) is 9.71 Å². The van der Waals surface area contributed by atoms with E-state index in [1.807, 2.05) is 49.0 Å². The highest BCUT2D eigenvalue weighted by molar-refractivity contribution is 7.21. The van der Waals surface area contributed by atoms with Crippen LogP contribution in [0.25, 0.3) is 15.9 Å². The first-order valence-electron chi connectivity index (χ1n) is 7.64. The predicted molar refractivity (Wildman–Crippen MR) is 94.0 cm³/mol. The number of carbonyl (C=O) groups excluding carboxylic acids is 2. The number of aromatic nitrogens is 2. The molecule has 0 aliphatic rings. The van der Waals surface area contributed by atoms with Crippen molar-refractivity contribution < 1.29 is 14.3 Å². The second kappa shape index (κ2) is 6.20. The number of pyridine rings is 1. The molecule has 24 heavy (non-hydrogen) atoms. The van der Waals surface area contributed by atoms with Gasteiger partial charge in [0.2, 0.25) is 0 Å². The molecule has 3 heterocycles. The third kappa shape index (κ3) is 2.85. The van der Waals surface area contributed by atoms with Gasteiger partial charge in [-0.05, 0) is 51.5 Å². The first-order valence-corrected chi connectivity index (χ1v) is 8.45. The van der Waals surface area contributed by atoms with Crippen LogP contribution in [-0.2, 0) is 9.53 Å². The molecular weight excluding hydrogens is 324 g/mol. The van der Waals surface area contributed by atoms with E-state index in [1.54, 1.807) is 6.92 Å². The molecule has 3 rings (SSSR count). The molecule has 3 aromatic rings. The Kier molecular flexibility index (Phi) is 4.24. The van der Waals surface area contributed by atoms with Gasteiger partial charge in [-0.3, -0.25) is 4.79 Å². The quantitative estimate of drug-likeness (QED) is 0.676. The summed E-state index contributed by atoms with van der Waals surface area (Å²) in [4.78, 5) is 29.8. The molecule has 1 unspecified atom stereocenters. The summed E-state index contributed by atoms with van der Waals surface area (Å²) in [5.41, 5.74) is 2.71. The molecule has 0 aliphatic carbocycles. The van der Waals surface area contributed by atoms with Crippen molar-refractivity contribution in [1.82, 2.24) is 9.55 Å². The molecule has 0 fully saturated rings. The number of esters is 1. The van der Waals surface area contributed by atoms with Crippen LogP contribution in [0.15, 0.2) is 30.6 Å². The maximum absolute atomic E-state index is 12.6. The Balaban J connectivity index is 2.20. The molecule has 0 amide bonds. The van der Waals surface area contributed by atoms with Gasteiger partial charge in [-0.2, -0.15) is 0 Å². The van der Waals surface area contributed by atoms with Crippen LogP contribution < -0.4 is 0 Å². The molecule has 124 valence electrons. The first-order chi connectivity index (χ1) is 11.4. The molecule has 0 bridgehead atoms. The van der Waals surface area contributed by atoms with Crippen LogP contribution in [0.3, 0.4) is 0 Å². The van der Waals surface area contributed by atoms with Crippen molar-refractivity contribution in [1.29, 1.82) is 0 Å². The van der Waals surface area contributed by atoms with Gasteiger partial charge >= 0.3 is 5.97 Å². The number of carbonyl (C=O) groups is 2. The van der Waals surface area contributed by atoms with Gasteiger partial charge in [0.05, 0.1) is 5.69 Å². The zero-order valence-corrected chi connectivity index (χ0v) is 14.8. The lowest BCUT2D eigenvalue weighted by Gasteiger charge is -2.11. The number of Topliss-reactive ketones (excluding diaryl/α,β-unsaturated/α-hetero) is 1. The van der Waals surface area contributed by atoms with Crippen molar-refractivity contribution in [3.8, 4) is 5.69 Å². The van der Waals surface area contributed by atoms with Crippen LogP contribution in [0.2, 0.25) is 0 Å². The van der Waals surface area contributed by atoms with Gasteiger partial charge in [-0.15, -0.1) is 11.3 Å². The van der Waals surface area contributed by atoms with Crippen molar-refractivity contribution in [3.63, 3.8) is 0 Å². The predicted octanol–water partition coefficient (Wildman–Crippen LogP) is 3.84. The van der Waals surface area contributed by atoms with Gasteiger partial charge < -0.3 is 9.30 Å². The zero-order chi connectivity index (χ0) is 17.4. The van der Waals surface area contributed by atoms with E-state index in [9.17, 15) is 9.59 Å². The molecule has 0 saturated carbocycles. The molecule has 0 spiro atoms. The van der Waals surface area contributed by atoms with E-state index >= 15 is 0 Å². The smallest absolute Gasteiger partial charge is 0.351 e. The molecule has 6 heteroatoms. The molecule has 5 nitrogen and oxygen atoms in total. The average Bonchev–Trinajstić information content (AvgIpc) is 3.12. The molecule has 0 saturated heterocycles. The van der Waals surface area contributed by atoms with E-state index in [0.29, 0.717) is 4.88 Å². The highest BCUT2D eigenvalue weighted by Gasteiger charge is 2.25. The summed E-state index contributed by atoms with van der Waals surface area (Å²) >= 11 is 1.29. The summed E-state index contributed by atoms with van der Waals surface area (Å²) < 4.78 is 7.20. The highest BCUT2D eigenvalue weighted by atomic mass is 32.1. The number of thiophene rings is 1. The summed E-state index contributed by atoms with van der Waals surface area (Å²) in [6.07, 6.45) is 2.99. The third-order valence-corrected chi connectivity index (χ3v) is 4.92. The van der Waals surface area contributed by atoms with Crippen LogP contribution in [0, 0.1) is 13.8 Å². The van der Waals surface area contributed by atoms with Crippen LogP contribution >= 0.6 is 11.3 Å². The van der Waals surface area contributed by atoms with Gasteiger partial charge in [-0.25, -0.2) is 9.78 Å². The fourth-order valence-corrected chi connectivity index (χ4v) is 3.77. The normalized spacial score (nSPS) is 12.3. The number of hydrogen-bond acceptors (Lipinski definition) is 5. The van der Waals surface area contributed by atoms with E-state index in [2.05, 4.69) is 4.98 Å². The largest absolute Gasteiger partial charge is 0.450 e. The Morgan fingerprint density at radius 3 is 2.54 bits per heavy atom. The van der Waals surface area contributed by atoms with Gasteiger partial charge in [0, 0.05) is 23.5 Å². The van der Waals surface area contributed by atoms with Gasteiger partial charge in [0.15, 0.2) is 11.9 Å². The lowest BCUT2D eigenvalue weighted by molar-refractivity contribution is -0.124. The molecule has 0 aliphatic heterocycles. The van der Waals surface area contributed by atoms with Crippen LogP contribution in [0.1, 0.15) is 34.8 Å². The molecule has 0 radical (unpaired) electrons. The second-order valence-electron chi connectivity index (χ2n) is 5.79. The van der Waals surface area contributed by atoms with E-state index in [1.165, 1.54) is 18.3 Å². The average molecular weight is 342 g/mol. The van der Waals surface area contributed by atoms with E-state index in [-0.39, 0.29) is 5.78 Å². The van der Waals surface area contributed by atoms with Crippen LogP contribution in [-0.4, -0.2) is 27.4 Å². The fourth-order valence-electron chi connectivity index (χ4n) is 2.59. The standard InChI is InChI=1S/C18H18N2O3S/c1-10-9-11(2)19-17-14(10)15(20-7-5-6-8-20)16(24-17)18(22)23-13(4)12(3)21/h5-9,13H,1-4H3. The third-order valence-electron chi connectivity index (χ3n) is 3.87. The number of ketones is 1. The SMILES string of the molecule is CC(=O)C(C)OC(=O)c1sc2nc(C)cc(C)c2c1-n1cccc1. The Morgan fingerprint density at radius 2 is 1.92 bits per heavy atom. The first kappa shape index (κ1) is 16.4. The summed E-state index contributed by atoms with van der Waals surface area (Å²) in [6, 6.07) is 5.79. The van der Waals surface area contributed by atoms with Gasteiger partial charge in [0.25, 0.3) is 0 Å². The van der Waals surface area contributed by atoms with Crippen molar-refractivity contribution in [3.05, 3.63) is 46.7 Å².